The van der Waals surface area contributed by atoms with E-state index >= 15 is 0 Å². The summed E-state index contributed by atoms with van der Waals surface area (Å²) in [6.07, 6.45) is 3.49. The second-order valence-corrected chi connectivity index (χ2v) is 6.76. The van der Waals surface area contributed by atoms with Crippen molar-refractivity contribution in [2.75, 3.05) is 6.54 Å². The van der Waals surface area contributed by atoms with Gasteiger partial charge in [0.1, 0.15) is 6.04 Å². The third-order valence-electron chi connectivity index (χ3n) is 5.13. The average molecular weight is 342 g/mol. The van der Waals surface area contributed by atoms with Crippen molar-refractivity contribution >= 4 is 11.8 Å². The molecule has 2 fully saturated rings. The molecule has 0 aromatic heterocycles. The van der Waals surface area contributed by atoms with Crippen LogP contribution in [-0.4, -0.2) is 41.4 Å². The molecule has 0 saturated carbocycles. The summed E-state index contributed by atoms with van der Waals surface area (Å²) in [6, 6.07) is 9.88. The Morgan fingerprint density at radius 1 is 1.20 bits per heavy atom. The second-order valence-electron chi connectivity index (χ2n) is 6.76. The Morgan fingerprint density at radius 2 is 1.92 bits per heavy atom. The predicted molar refractivity (Wildman–Crippen MR) is 96.3 cm³/mol. The summed E-state index contributed by atoms with van der Waals surface area (Å²) in [6.45, 7) is 4.76. The predicted octanol–water partition coefficient (Wildman–Crippen LogP) is 0.887. The third kappa shape index (κ3) is 3.85. The van der Waals surface area contributed by atoms with E-state index in [2.05, 4.69) is 29.3 Å². The van der Waals surface area contributed by atoms with E-state index in [0.717, 1.165) is 25.0 Å². The number of nitrogens with zero attached hydrogens (tertiary/aromatic N) is 1. The largest absolute Gasteiger partial charge is 0.383 e. The smallest absolute Gasteiger partial charge is 0.245 e. The van der Waals surface area contributed by atoms with Crippen LogP contribution in [0.4, 0.5) is 0 Å². The molecule has 4 N–H and O–H groups in total. The number of amides is 2. The highest BCUT2D eigenvalue weighted by Gasteiger charge is 2.44. The number of fused-ring (bicyclic) bond motifs is 1. The molecule has 0 bridgehead atoms. The van der Waals surface area contributed by atoms with Crippen molar-refractivity contribution < 1.29 is 9.59 Å². The van der Waals surface area contributed by atoms with Crippen LogP contribution in [0.3, 0.4) is 0 Å². The van der Waals surface area contributed by atoms with Gasteiger partial charge in [0, 0.05) is 18.3 Å². The van der Waals surface area contributed by atoms with Crippen LogP contribution >= 0.6 is 0 Å². The Balaban J connectivity index is 1.63. The van der Waals surface area contributed by atoms with Gasteiger partial charge in [-0.05, 0) is 31.2 Å². The summed E-state index contributed by atoms with van der Waals surface area (Å²) in [7, 11) is 0. The molecule has 2 amide bonds. The third-order valence-corrected chi connectivity index (χ3v) is 5.13. The van der Waals surface area contributed by atoms with Crippen LogP contribution in [-0.2, 0) is 16.1 Å². The van der Waals surface area contributed by atoms with E-state index in [9.17, 15) is 9.59 Å². The van der Waals surface area contributed by atoms with Gasteiger partial charge < -0.3 is 21.3 Å². The van der Waals surface area contributed by atoms with E-state index in [0.29, 0.717) is 13.0 Å². The molecule has 134 valence electrons. The van der Waals surface area contributed by atoms with Crippen LogP contribution in [0.2, 0.25) is 0 Å². The van der Waals surface area contributed by atoms with Crippen molar-refractivity contribution in [2.45, 2.75) is 50.4 Å². The summed E-state index contributed by atoms with van der Waals surface area (Å²) in [4.78, 5) is 26.3. The van der Waals surface area contributed by atoms with E-state index in [1.54, 1.807) is 0 Å². The molecular weight excluding hydrogens is 316 g/mol. The summed E-state index contributed by atoms with van der Waals surface area (Å²) < 4.78 is 0. The number of piperidine rings is 1. The van der Waals surface area contributed by atoms with Crippen LogP contribution in [0.5, 0.6) is 0 Å². The van der Waals surface area contributed by atoms with Gasteiger partial charge in [-0.1, -0.05) is 36.9 Å². The molecule has 6 heteroatoms. The maximum absolute atomic E-state index is 12.8. The monoisotopic (exact) mass is 342 g/mol. The van der Waals surface area contributed by atoms with Crippen LogP contribution in [0.25, 0.3) is 0 Å². The lowest BCUT2D eigenvalue weighted by molar-refractivity contribution is -0.141. The molecule has 1 aromatic carbocycles. The zero-order valence-electron chi connectivity index (χ0n) is 14.4. The fourth-order valence-electron chi connectivity index (χ4n) is 3.82. The first kappa shape index (κ1) is 17.5. The minimum Gasteiger partial charge on any atom is -0.383 e. The molecule has 0 spiro atoms. The van der Waals surface area contributed by atoms with Gasteiger partial charge in [-0.15, -0.1) is 0 Å². The highest BCUT2D eigenvalue weighted by Crippen LogP contribution is 2.34. The number of rotatable bonds is 6. The highest BCUT2D eigenvalue weighted by atomic mass is 16.2. The second kappa shape index (κ2) is 7.70. The SMILES string of the molecule is C=C(NCc1ccccc1)[C@@H]1CC[C@@H]2CCC(NC(=O)CN)C(=O)N21. The Hall–Kier alpha value is -2.34. The molecule has 6 nitrogen and oxygen atoms in total. The summed E-state index contributed by atoms with van der Waals surface area (Å²) >= 11 is 0. The Bertz CT molecular complexity index is 646. The Kier molecular flexibility index (Phi) is 5.38. The van der Waals surface area contributed by atoms with Gasteiger partial charge in [0.15, 0.2) is 0 Å². The van der Waals surface area contributed by atoms with Gasteiger partial charge in [0.25, 0.3) is 0 Å². The molecule has 0 aliphatic carbocycles. The molecule has 0 radical (unpaired) electrons. The van der Waals surface area contributed by atoms with Gasteiger partial charge in [0.2, 0.25) is 11.8 Å². The van der Waals surface area contributed by atoms with Crippen molar-refractivity contribution in [3.63, 3.8) is 0 Å². The normalized spacial score (nSPS) is 25.4. The van der Waals surface area contributed by atoms with E-state index in [1.165, 1.54) is 5.56 Å². The molecular formula is C19H26N4O2. The summed E-state index contributed by atoms with van der Waals surface area (Å²) in [5.74, 6) is -0.295. The number of carbonyl (C=O) groups is 2. The van der Waals surface area contributed by atoms with Crippen LogP contribution in [0.1, 0.15) is 31.2 Å². The van der Waals surface area contributed by atoms with Gasteiger partial charge >= 0.3 is 0 Å². The first-order valence-corrected chi connectivity index (χ1v) is 8.88. The Morgan fingerprint density at radius 3 is 2.64 bits per heavy atom. The van der Waals surface area contributed by atoms with Gasteiger partial charge in [-0.3, -0.25) is 9.59 Å². The standard InChI is InChI=1S/C19H26N4O2/c1-13(21-12-14-5-3-2-4-6-14)17-10-8-15-7-9-16(19(25)23(15)17)22-18(24)11-20/h2-6,15-17,21H,1,7-12,20H2,(H,22,24)/t15-,16?,17-/m0/s1. The molecule has 2 aliphatic rings. The van der Waals surface area contributed by atoms with Crippen molar-refractivity contribution in [2.24, 2.45) is 5.73 Å². The molecule has 1 unspecified atom stereocenters. The maximum Gasteiger partial charge on any atom is 0.245 e. The topological polar surface area (TPSA) is 87.5 Å². The van der Waals surface area contributed by atoms with E-state index in [-0.39, 0.29) is 30.4 Å². The molecule has 3 rings (SSSR count). The first-order chi connectivity index (χ1) is 12.1. The minimum absolute atomic E-state index is 0.0109. The molecule has 1 aromatic rings. The van der Waals surface area contributed by atoms with Crippen LogP contribution in [0, 0.1) is 0 Å². The fourth-order valence-corrected chi connectivity index (χ4v) is 3.82. The minimum atomic E-state index is -0.463. The van der Waals surface area contributed by atoms with Crippen LogP contribution < -0.4 is 16.4 Å². The zero-order valence-corrected chi connectivity index (χ0v) is 14.4. The van der Waals surface area contributed by atoms with Gasteiger partial charge in [-0.25, -0.2) is 0 Å². The number of carbonyl (C=O) groups excluding carboxylic acids is 2. The van der Waals surface area contributed by atoms with Crippen molar-refractivity contribution in [1.29, 1.82) is 0 Å². The molecule has 3 atom stereocenters. The zero-order chi connectivity index (χ0) is 17.8. The highest BCUT2D eigenvalue weighted by molar-refractivity contribution is 5.89. The number of benzene rings is 1. The maximum atomic E-state index is 12.8. The number of hydrogen-bond donors (Lipinski definition) is 3. The van der Waals surface area contributed by atoms with Crippen molar-refractivity contribution in [1.82, 2.24) is 15.5 Å². The number of hydrogen-bond acceptors (Lipinski definition) is 4. The van der Waals surface area contributed by atoms with E-state index < -0.39 is 6.04 Å². The lowest BCUT2D eigenvalue weighted by atomic mass is 9.98. The molecule has 2 aliphatic heterocycles. The van der Waals surface area contributed by atoms with Crippen molar-refractivity contribution in [3.8, 4) is 0 Å². The quantitative estimate of drug-likeness (QED) is 0.716. The van der Waals surface area contributed by atoms with E-state index in [1.807, 2.05) is 23.1 Å². The Labute approximate surface area is 148 Å². The lowest BCUT2D eigenvalue weighted by Crippen LogP contribution is -2.57. The number of nitrogens with one attached hydrogen (secondary N) is 2. The van der Waals surface area contributed by atoms with Crippen LogP contribution in [0.15, 0.2) is 42.6 Å². The molecule has 2 heterocycles. The average Bonchev–Trinajstić information content (AvgIpc) is 3.07. The summed E-state index contributed by atoms with van der Waals surface area (Å²) in [5, 5.41) is 6.11. The van der Waals surface area contributed by atoms with Crippen molar-refractivity contribution in [3.05, 3.63) is 48.2 Å². The lowest BCUT2D eigenvalue weighted by Gasteiger charge is -2.39. The van der Waals surface area contributed by atoms with Gasteiger partial charge in [-0.2, -0.15) is 0 Å². The first-order valence-electron chi connectivity index (χ1n) is 8.88. The molecule has 2 saturated heterocycles. The molecule has 25 heavy (non-hydrogen) atoms. The van der Waals surface area contributed by atoms with Gasteiger partial charge in [0.05, 0.1) is 12.6 Å². The van der Waals surface area contributed by atoms with E-state index in [4.69, 9.17) is 5.73 Å². The number of nitrogens with two attached hydrogens (primary N) is 1. The fraction of sp³-hybridized carbons (Fsp3) is 0.474. The summed E-state index contributed by atoms with van der Waals surface area (Å²) in [5.41, 5.74) is 7.39.